The second kappa shape index (κ2) is 5.91. The normalized spacial score (nSPS) is 20.2. The topological polar surface area (TPSA) is 49.4 Å². The summed E-state index contributed by atoms with van der Waals surface area (Å²) in [5.41, 5.74) is -1.63. The van der Waals surface area contributed by atoms with Crippen molar-refractivity contribution in [2.75, 3.05) is 18.4 Å². The Bertz CT molecular complexity index is 615. The van der Waals surface area contributed by atoms with E-state index in [1.165, 1.54) is 6.07 Å². The van der Waals surface area contributed by atoms with Crippen molar-refractivity contribution in [2.45, 2.75) is 32.6 Å². The number of halogens is 2. The Kier molecular flexibility index (Phi) is 4.08. The van der Waals surface area contributed by atoms with Crippen LogP contribution in [-0.4, -0.2) is 29.8 Å². The summed E-state index contributed by atoms with van der Waals surface area (Å²) in [7, 11) is 0. The van der Waals surface area contributed by atoms with Gasteiger partial charge in [0.15, 0.2) is 0 Å². The first kappa shape index (κ1) is 15.9. The molecule has 1 N–H and O–H groups in total. The quantitative estimate of drug-likeness (QED) is 0.870. The minimum absolute atomic E-state index is 0.210. The second-order valence-electron chi connectivity index (χ2n) is 6.61. The number of rotatable bonds is 3. The zero-order valence-electron chi connectivity index (χ0n) is 13.1. The lowest BCUT2D eigenvalue weighted by molar-refractivity contribution is -0.143. The van der Waals surface area contributed by atoms with Gasteiger partial charge in [0.25, 0.3) is 0 Å². The number of para-hydroxylation sites is 1. The lowest BCUT2D eigenvalue weighted by Crippen LogP contribution is -2.46. The maximum absolute atomic E-state index is 13.7. The van der Waals surface area contributed by atoms with Crippen LogP contribution in [0.5, 0.6) is 0 Å². The van der Waals surface area contributed by atoms with Crippen molar-refractivity contribution in [1.82, 2.24) is 4.90 Å². The van der Waals surface area contributed by atoms with Gasteiger partial charge in [0.1, 0.15) is 22.7 Å². The lowest BCUT2D eigenvalue weighted by atomic mass is 9.96. The fourth-order valence-corrected chi connectivity index (χ4v) is 3.03. The summed E-state index contributed by atoms with van der Waals surface area (Å²) in [4.78, 5) is 26.8. The number of benzene rings is 1. The summed E-state index contributed by atoms with van der Waals surface area (Å²) >= 11 is 0. The maximum atomic E-state index is 13.7. The van der Waals surface area contributed by atoms with Gasteiger partial charge in [-0.3, -0.25) is 9.59 Å². The van der Waals surface area contributed by atoms with E-state index < -0.39 is 28.6 Å². The molecule has 2 amide bonds. The maximum Gasteiger partial charge on any atom is 0.240 e. The standard InChI is InChI=1S/C17H20F2N2O2/c1-11-5-9-21(10-6-11)16(23)17(7-8-17)15(22)20-14-12(18)3-2-4-13(14)19/h2-4,11H,5-10H2,1H3,(H,20,22). The lowest BCUT2D eigenvalue weighted by Gasteiger charge is -2.32. The van der Waals surface area contributed by atoms with E-state index in [0.29, 0.717) is 31.8 Å². The molecule has 0 unspecified atom stereocenters. The minimum Gasteiger partial charge on any atom is -0.342 e. The van der Waals surface area contributed by atoms with E-state index in [2.05, 4.69) is 12.2 Å². The molecule has 1 saturated heterocycles. The third kappa shape index (κ3) is 2.94. The molecule has 1 aromatic carbocycles. The molecule has 0 spiro atoms. The van der Waals surface area contributed by atoms with Gasteiger partial charge >= 0.3 is 0 Å². The van der Waals surface area contributed by atoms with Crippen LogP contribution in [-0.2, 0) is 9.59 Å². The Morgan fingerprint density at radius 1 is 1.17 bits per heavy atom. The summed E-state index contributed by atoms with van der Waals surface area (Å²) in [5, 5.41) is 2.27. The molecular formula is C17H20F2N2O2. The van der Waals surface area contributed by atoms with Crippen LogP contribution in [0.25, 0.3) is 0 Å². The van der Waals surface area contributed by atoms with Gasteiger partial charge in [0, 0.05) is 13.1 Å². The van der Waals surface area contributed by atoms with E-state index in [1.54, 1.807) is 4.90 Å². The second-order valence-corrected chi connectivity index (χ2v) is 6.61. The van der Waals surface area contributed by atoms with Crippen molar-refractivity contribution < 1.29 is 18.4 Å². The number of nitrogens with one attached hydrogen (secondary N) is 1. The molecule has 3 rings (SSSR count). The van der Waals surface area contributed by atoms with Crippen LogP contribution in [0.3, 0.4) is 0 Å². The highest BCUT2D eigenvalue weighted by molar-refractivity contribution is 6.13. The largest absolute Gasteiger partial charge is 0.342 e. The average Bonchev–Trinajstić information content (AvgIpc) is 3.33. The molecule has 1 aromatic rings. The van der Waals surface area contributed by atoms with Crippen molar-refractivity contribution in [3.8, 4) is 0 Å². The molecule has 1 heterocycles. The van der Waals surface area contributed by atoms with Gasteiger partial charge < -0.3 is 10.2 Å². The van der Waals surface area contributed by atoms with Crippen LogP contribution >= 0.6 is 0 Å². The number of likely N-dealkylation sites (tertiary alicyclic amines) is 1. The molecule has 6 heteroatoms. The number of anilines is 1. The average molecular weight is 322 g/mol. The Morgan fingerprint density at radius 3 is 2.26 bits per heavy atom. The Balaban J connectivity index is 1.73. The van der Waals surface area contributed by atoms with E-state index >= 15 is 0 Å². The Morgan fingerprint density at radius 2 is 1.74 bits per heavy atom. The fraction of sp³-hybridized carbons (Fsp3) is 0.529. The molecule has 4 nitrogen and oxygen atoms in total. The molecule has 0 aromatic heterocycles. The summed E-state index contributed by atoms with van der Waals surface area (Å²) in [6.45, 7) is 3.43. The summed E-state index contributed by atoms with van der Waals surface area (Å²) in [5.74, 6) is -1.92. The highest BCUT2D eigenvalue weighted by Crippen LogP contribution is 2.48. The van der Waals surface area contributed by atoms with Gasteiger partial charge in [0.2, 0.25) is 11.8 Å². The van der Waals surface area contributed by atoms with Crippen molar-refractivity contribution in [3.63, 3.8) is 0 Å². The van der Waals surface area contributed by atoms with Crippen molar-refractivity contribution >= 4 is 17.5 Å². The minimum atomic E-state index is -1.14. The van der Waals surface area contributed by atoms with E-state index in [1.807, 2.05) is 0 Å². The van der Waals surface area contributed by atoms with Crippen LogP contribution in [0, 0.1) is 23.0 Å². The van der Waals surface area contributed by atoms with Crippen molar-refractivity contribution in [3.05, 3.63) is 29.8 Å². The molecular weight excluding hydrogens is 302 g/mol. The van der Waals surface area contributed by atoms with E-state index in [4.69, 9.17) is 0 Å². The summed E-state index contributed by atoms with van der Waals surface area (Å²) in [6, 6.07) is 3.38. The molecule has 23 heavy (non-hydrogen) atoms. The van der Waals surface area contributed by atoms with Gasteiger partial charge in [0.05, 0.1) is 0 Å². The molecule has 124 valence electrons. The zero-order chi connectivity index (χ0) is 16.6. The molecule has 0 radical (unpaired) electrons. The molecule has 1 aliphatic heterocycles. The van der Waals surface area contributed by atoms with Crippen LogP contribution in [0.1, 0.15) is 32.6 Å². The van der Waals surface area contributed by atoms with Crippen LogP contribution in [0.2, 0.25) is 0 Å². The third-order valence-electron chi connectivity index (χ3n) is 4.87. The molecule has 0 bridgehead atoms. The fourth-order valence-electron chi connectivity index (χ4n) is 3.03. The summed E-state index contributed by atoms with van der Waals surface area (Å²) < 4.78 is 27.3. The molecule has 0 atom stereocenters. The van der Waals surface area contributed by atoms with Gasteiger partial charge in [-0.2, -0.15) is 0 Å². The number of carbonyl (C=O) groups is 2. The SMILES string of the molecule is CC1CCN(C(=O)C2(C(=O)Nc3c(F)cccc3F)CC2)CC1. The van der Waals surface area contributed by atoms with Gasteiger partial charge in [-0.1, -0.05) is 13.0 Å². The predicted molar refractivity (Wildman–Crippen MR) is 81.6 cm³/mol. The first-order valence-electron chi connectivity index (χ1n) is 7.99. The highest BCUT2D eigenvalue weighted by Gasteiger charge is 2.58. The van der Waals surface area contributed by atoms with Gasteiger partial charge in [-0.15, -0.1) is 0 Å². The van der Waals surface area contributed by atoms with E-state index in [9.17, 15) is 18.4 Å². The zero-order valence-corrected chi connectivity index (χ0v) is 13.1. The Labute approximate surface area is 133 Å². The monoisotopic (exact) mass is 322 g/mol. The first-order valence-corrected chi connectivity index (χ1v) is 7.99. The number of hydrogen-bond donors (Lipinski definition) is 1. The number of hydrogen-bond acceptors (Lipinski definition) is 2. The van der Waals surface area contributed by atoms with Crippen LogP contribution in [0.4, 0.5) is 14.5 Å². The molecule has 2 fully saturated rings. The van der Waals surface area contributed by atoms with E-state index in [-0.39, 0.29) is 5.91 Å². The van der Waals surface area contributed by atoms with Crippen molar-refractivity contribution in [1.29, 1.82) is 0 Å². The number of nitrogens with zero attached hydrogens (tertiary/aromatic N) is 1. The van der Waals surface area contributed by atoms with Gasteiger partial charge in [-0.25, -0.2) is 8.78 Å². The number of carbonyl (C=O) groups excluding carboxylic acids is 2. The number of piperidine rings is 1. The van der Waals surface area contributed by atoms with Crippen molar-refractivity contribution in [2.24, 2.45) is 11.3 Å². The first-order chi connectivity index (χ1) is 10.9. The molecule has 2 aliphatic rings. The molecule has 1 saturated carbocycles. The van der Waals surface area contributed by atoms with Crippen LogP contribution < -0.4 is 5.32 Å². The predicted octanol–water partition coefficient (Wildman–Crippen LogP) is 2.94. The smallest absolute Gasteiger partial charge is 0.240 e. The highest BCUT2D eigenvalue weighted by atomic mass is 19.1. The number of amides is 2. The third-order valence-corrected chi connectivity index (χ3v) is 4.87. The Hall–Kier alpha value is -1.98. The molecule has 1 aliphatic carbocycles. The van der Waals surface area contributed by atoms with E-state index in [0.717, 1.165) is 25.0 Å². The summed E-state index contributed by atoms with van der Waals surface area (Å²) in [6.07, 6.45) is 2.70. The van der Waals surface area contributed by atoms with Crippen LogP contribution in [0.15, 0.2) is 18.2 Å². The van der Waals surface area contributed by atoms with Gasteiger partial charge in [-0.05, 0) is 43.7 Å².